The number of hydrogen-bond donors (Lipinski definition) is 0. The quantitative estimate of drug-likeness (QED) is 0.779. The van der Waals surface area contributed by atoms with E-state index in [9.17, 15) is 4.79 Å². The van der Waals surface area contributed by atoms with Crippen LogP contribution in [0.2, 0.25) is 0 Å². The molecule has 0 radical (unpaired) electrons. The number of benzene rings is 1. The Morgan fingerprint density at radius 2 is 2.00 bits per heavy atom. The summed E-state index contributed by atoms with van der Waals surface area (Å²) in [6, 6.07) is 10.1. The molecule has 1 fully saturated rings. The van der Waals surface area contributed by atoms with Gasteiger partial charge >= 0.3 is 5.97 Å². The zero-order chi connectivity index (χ0) is 15.2. The molecular weight excluding hydrogens is 264 g/mol. The number of esters is 1. The van der Waals surface area contributed by atoms with Gasteiger partial charge in [-0.2, -0.15) is 0 Å². The fraction of sp³-hybridized carbons (Fsp3) is 0.588. The van der Waals surface area contributed by atoms with Crippen molar-refractivity contribution in [3.8, 4) is 0 Å². The summed E-state index contributed by atoms with van der Waals surface area (Å²) in [4.78, 5) is 17.1. The van der Waals surface area contributed by atoms with Crippen LogP contribution in [0.4, 0.5) is 0 Å². The first-order valence-electron chi connectivity index (χ1n) is 7.87. The largest absolute Gasteiger partial charge is 0.465 e. The van der Waals surface area contributed by atoms with E-state index in [0.29, 0.717) is 12.6 Å². The van der Waals surface area contributed by atoms with Crippen molar-refractivity contribution in [2.45, 2.75) is 32.9 Å². The first kappa shape index (κ1) is 16.0. The molecule has 1 saturated heterocycles. The van der Waals surface area contributed by atoms with Crippen molar-refractivity contribution >= 4 is 5.97 Å². The smallest absolute Gasteiger partial charge is 0.328 e. The summed E-state index contributed by atoms with van der Waals surface area (Å²) in [6.45, 7) is 10.5. The van der Waals surface area contributed by atoms with Gasteiger partial charge in [-0.25, -0.2) is 4.79 Å². The third kappa shape index (κ3) is 3.83. The molecule has 116 valence electrons. The highest BCUT2D eigenvalue weighted by Crippen LogP contribution is 2.25. The zero-order valence-electron chi connectivity index (χ0n) is 13.3. The van der Waals surface area contributed by atoms with Crippen LogP contribution < -0.4 is 0 Å². The van der Waals surface area contributed by atoms with Crippen molar-refractivity contribution in [1.82, 2.24) is 9.80 Å². The van der Waals surface area contributed by atoms with Crippen LogP contribution in [0.1, 0.15) is 32.4 Å². The molecule has 0 N–H and O–H groups in total. The number of hydrogen-bond acceptors (Lipinski definition) is 4. The van der Waals surface area contributed by atoms with Crippen molar-refractivity contribution in [3.05, 3.63) is 35.9 Å². The molecule has 0 bridgehead atoms. The minimum absolute atomic E-state index is 0.138. The van der Waals surface area contributed by atoms with Gasteiger partial charge in [0.1, 0.15) is 6.04 Å². The van der Waals surface area contributed by atoms with Crippen LogP contribution in [0.15, 0.2) is 30.3 Å². The number of nitrogens with zero attached hydrogens (tertiary/aromatic N) is 2. The lowest BCUT2D eigenvalue weighted by Gasteiger charge is -2.42. The van der Waals surface area contributed by atoms with Crippen LogP contribution in [0.3, 0.4) is 0 Å². The molecule has 2 atom stereocenters. The monoisotopic (exact) mass is 290 g/mol. The van der Waals surface area contributed by atoms with Crippen molar-refractivity contribution in [2.24, 2.45) is 0 Å². The lowest BCUT2D eigenvalue weighted by Crippen LogP contribution is -2.53. The van der Waals surface area contributed by atoms with Gasteiger partial charge in [0.15, 0.2) is 0 Å². The summed E-state index contributed by atoms with van der Waals surface area (Å²) in [5, 5.41) is 0. The molecule has 1 aromatic carbocycles. The van der Waals surface area contributed by atoms with Crippen LogP contribution in [0, 0.1) is 0 Å². The van der Waals surface area contributed by atoms with Gasteiger partial charge < -0.3 is 4.74 Å². The molecule has 2 rings (SSSR count). The maximum Gasteiger partial charge on any atom is 0.328 e. The molecule has 21 heavy (non-hydrogen) atoms. The van der Waals surface area contributed by atoms with E-state index in [2.05, 4.69) is 23.6 Å². The van der Waals surface area contributed by atoms with E-state index >= 15 is 0 Å². The average Bonchev–Trinajstić information content (AvgIpc) is 2.49. The molecule has 0 aliphatic carbocycles. The fourth-order valence-corrected chi connectivity index (χ4v) is 3.08. The Morgan fingerprint density at radius 1 is 1.29 bits per heavy atom. The van der Waals surface area contributed by atoms with E-state index in [-0.39, 0.29) is 12.0 Å². The van der Waals surface area contributed by atoms with E-state index < -0.39 is 0 Å². The SMILES string of the molecule is CCOC(=O)C(c1ccccc1)N1CCN(CC)C(C)C1. The third-order valence-corrected chi connectivity index (χ3v) is 4.19. The second-order valence-corrected chi connectivity index (χ2v) is 5.54. The Balaban J connectivity index is 2.18. The van der Waals surface area contributed by atoms with Crippen LogP contribution in [0.25, 0.3) is 0 Å². The highest BCUT2D eigenvalue weighted by Gasteiger charge is 2.33. The van der Waals surface area contributed by atoms with Gasteiger partial charge in [-0.15, -0.1) is 0 Å². The van der Waals surface area contributed by atoms with Crippen LogP contribution in [-0.2, 0) is 9.53 Å². The highest BCUT2D eigenvalue weighted by atomic mass is 16.5. The summed E-state index contributed by atoms with van der Waals surface area (Å²) in [5.41, 5.74) is 1.02. The highest BCUT2D eigenvalue weighted by molar-refractivity contribution is 5.77. The Labute approximate surface area is 127 Å². The molecule has 1 aliphatic heterocycles. The lowest BCUT2D eigenvalue weighted by atomic mass is 10.0. The summed E-state index contributed by atoms with van der Waals surface area (Å²) in [7, 11) is 0. The fourth-order valence-electron chi connectivity index (χ4n) is 3.08. The number of ether oxygens (including phenoxy) is 1. The minimum Gasteiger partial charge on any atom is -0.465 e. The van der Waals surface area contributed by atoms with E-state index in [4.69, 9.17) is 4.74 Å². The predicted octanol–water partition coefficient (Wildman–Crippen LogP) is 2.32. The van der Waals surface area contributed by atoms with Gasteiger partial charge in [-0.3, -0.25) is 9.80 Å². The van der Waals surface area contributed by atoms with E-state index in [0.717, 1.165) is 31.7 Å². The maximum absolute atomic E-state index is 12.4. The summed E-state index contributed by atoms with van der Waals surface area (Å²) in [6.07, 6.45) is 0. The van der Waals surface area contributed by atoms with Gasteiger partial charge in [-0.05, 0) is 26.0 Å². The van der Waals surface area contributed by atoms with Gasteiger partial charge in [0.25, 0.3) is 0 Å². The predicted molar refractivity (Wildman–Crippen MR) is 84.1 cm³/mol. The number of likely N-dealkylation sites (N-methyl/N-ethyl adjacent to an activating group) is 1. The first-order chi connectivity index (χ1) is 10.2. The molecule has 1 aromatic rings. The van der Waals surface area contributed by atoms with Gasteiger partial charge in [0.05, 0.1) is 6.61 Å². The van der Waals surface area contributed by atoms with Gasteiger partial charge in [0, 0.05) is 25.7 Å². The van der Waals surface area contributed by atoms with E-state index in [1.165, 1.54) is 0 Å². The number of carbonyl (C=O) groups is 1. The molecule has 4 nitrogen and oxygen atoms in total. The number of rotatable bonds is 5. The molecule has 0 spiro atoms. The minimum atomic E-state index is -0.285. The molecule has 0 saturated carbocycles. The third-order valence-electron chi connectivity index (χ3n) is 4.19. The van der Waals surface area contributed by atoms with Crippen LogP contribution in [0.5, 0.6) is 0 Å². The molecule has 0 amide bonds. The Kier molecular flexibility index (Phi) is 5.76. The summed E-state index contributed by atoms with van der Waals surface area (Å²) in [5.74, 6) is -0.138. The van der Waals surface area contributed by atoms with Crippen molar-refractivity contribution in [2.75, 3.05) is 32.8 Å². The first-order valence-corrected chi connectivity index (χ1v) is 7.87. The maximum atomic E-state index is 12.4. The molecule has 1 heterocycles. The normalized spacial score (nSPS) is 22.0. The van der Waals surface area contributed by atoms with Crippen LogP contribution in [-0.4, -0.2) is 54.6 Å². The van der Waals surface area contributed by atoms with E-state index in [1.807, 2.05) is 37.3 Å². The lowest BCUT2D eigenvalue weighted by molar-refractivity contribution is -0.151. The van der Waals surface area contributed by atoms with Crippen molar-refractivity contribution < 1.29 is 9.53 Å². The van der Waals surface area contributed by atoms with Crippen LogP contribution >= 0.6 is 0 Å². The van der Waals surface area contributed by atoms with Gasteiger partial charge in [0.2, 0.25) is 0 Å². The van der Waals surface area contributed by atoms with Gasteiger partial charge in [-0.1, -0.05) is 37.3 Å². The Bertz CT molecular complexity index is 449. The topological polar surface area (TPSA) is 32.8 Å². The Hall–Kier alpha value is -1.39. The second kappa shape index (κ2) is 7.57. The Morgan fingerprint density at radius 3 is 2.57 bits per heavy atom. The molecule has 0 aromatic heterocycles. The molecule has 2 unspecified atom stereocenters. The molecular formula is C17H26N2O2. The zero-order valence-corrected chi connectivity index (χ0v) is 13.3. The van der Waals surface area contributed by atoms with Crippen molar-refractivity contribution in [3.63, 3.8) is 0 Å². The average molecular weight is 290 g/mol. The molecule has 1 aliphatic rings. The number of piperazine rings is 1. The summed E-state index contributed by atoms with van der Waals surface area (Å²) >= 11 is 0. The van der Waals surface area contributed by atoms with E-state index in [1.54, 1.807) is 0 Å². The standard InChI is InChI=1S/C17H26N2O2/c1-4-18-11-12-19(13-14(18)3)16(17(20)21-5-2)15-9-7-6-8-10-15/h6-10,14,16H,4-5,11-13H2,1-3H3. The van der Waals surface area contributed by atoms with Crippen molar-refractivity contribution in [1.29, 1.82) is 0 Å². The molecule has 4 heteroatoms. The second-order valence-electron chi connectivity index (χ2n) is 5.54. The summed E-state index contributed by atoms with van der Waals surface area (Å²) < 4.78 is 5.31. The number of carbonyl (C=O) groups excluding carboxylic acids is 1.